The molecule has 0 amide bonds. The highest BCUT2D eigenvalue weighted by Gasteiger charge is 2.07. The quantitative estimate of drug-likeness (QED) is 0.883. The Kier molecular flexibility index (Phi) is 3.36. The predicted molar refractivity (Wildman–Crippen MR) is 66.7 cm³/mol. The molecular formula is C13H15NOS. The highest BCUT2D eigenvalue weighted by atomic mass is 32.1. The molecule has 0 bridgehead atoms. The molecule has 1 aromatic heterocycles. The summed E-state index contributed by atoms with van der Waals surface area (Å²) in [7, 11) is 0. The second-order valence-electron chi connectivity index (χ2n) is 4.00. The van der Waals surface area contributed by atoms with E-state index in [9.17, 15) is 5.11 Å². The van der Waals surface area contributed by atoms with Gasteiger partial charge in [-0.05, 0) is 19.4 Å². The van der Waals surface area contributed by atoms with Crippen LogP contribution in [0.1, 0.15) is 34.9 Å². The molecule has 0 aliphatic heterocycles. The summed E-state index contributed by atoms with van der Waals surface area (Å²) in [5.74, 6) is 0. The van der Waals surface area contributed by atoms with Gasteiger partial charge in [0, 0.05) is 11.8 Å². The fourth-order valence-electron chi connectivity index (χ4n) is 1.48. The van der Waals surface area contributed by atoms with Crippen LogP contribution in [0.25, 0.3) is 0 Å². The number of thiazole rings is 1. The molecule has 1 atom stereocenters. The van der Waals surface area contributed by atoms with E-state index in [0.717, 1.165) is 17.1 Å². The standard InChI is InChI=1S/C13H15NOS/c1-9-3-5-11(6-4-9)7-13-14-12(8-16-13)10(2)15/h3-6,8,10,15H,7H2,1-2H3. The first-order valence-electron chi connectivity index (χ1n) is 5.33. The molecule has 0 saturated carbocycles. The fourth-order valence-corrected chi connectivity index (χ4v) is 2.39. The number of rotatable bonds is 3. The van der Waals surface area contributed by atoms with E-state index in [1.165, 1.54) is 11.1 Å². The molecule has 84 valence electrons. The van der Waals surface area contributed by atoms with Crippen molar-refractivity contribution in [2.45, 2.75) is 26.4 Å². The van der Waals surface area contributed by atoms with Gasteiger partial charge in [-0.1, -0.05) is 29.8 Å². The molecule has 2 aromatic rings. The number of aromatic nitrogens is 1. The molecule has 0 saturated heterocycles. The maximum atomic E-state index is 9.38. The minimum Gasteiger partial charge on any atom is -0.387 e. The van der Waals surface area contributed by atoms with Gasteiger partial charge in [0.05, 0.1) is 16.8 Å². The van der Waals surface area contributed by atoms with Crippen LogP contribution in [0.2, 0.25) is 0 Å². The van der Waals surface area contributed by atoms with Crippen LogP contribution in [0.15, 0.2) is 29.6 Å². The number of hydrogen-bond acceptors (Lipinski definition) is 3. The second kappa shape index (κ2) is 4.76. The van der Waals surface area contributed by atoms with E-state index in [1.807, 2.05) is 5.38 Å². The number of aliphatic hydroxyl groups is 1. The zero-order valence-electron chi connectivity index (χ0n) is 9.47. The summed E-state index contributed by atoms with van der Waals surface area (Å²) in [5, 5.41) is 12.4. The highest BCUT2D eigenvalue weighted by Crippen LogP contribution is 2.19. The van der Waals surface area contributed by atoms with Crippen molar-refractivity contribution in [3.05, 3.63) is 51.5 Å². The first-order chi connectivity index (χ1) is 7.65. The van der Waals surface area contributed by atoms with E-state index in [2.05, 4.69) is 36.2 Å². The van der Waals surface area contributed by atoms with E-state index in [4.69, 9.17) is 0 Å². The van der Waals surface area contributed by atoms with Crippen molar-refractivity contribution >= 4 is 11.3 Å². The lowest BCUT2D eigenvalue weighted by atomic mass is 10.1. The molecule has 0 aliphatic rings. The average Bonchev–Trinajstić information content (AvgIpc) is 2.70. The Hall–Kier alpha value is -1.19. The minimum absolute atomic E-state index is 0.469. The van der Waals surface area contributed by atoms with Crippen LogP contribution in [0.3, 0.4) is 0 Å². The lowest BCUT2D eigenvalue weighted by molar-refractivity contribution is 0.195. The average molecular weight is 233 g/mol. The minimum atomic E-state index is -0.469. The molecule has 3 heteroatoms. The summed E-state index contributed by atoms with van der Waals surface area (Å²) in [6, 6.07) is 8.47. The van der Waals surface area contributed by atoms with Crippen molar-refractivity contribution in [3.63, 3.8) is 0 Å². The molecule has 1 heterocycles. The third-order valence-corrected chi connectivity index (χ3v) is 3.34. The largest absolute Gasteiger partial charge is 0.387 e. The van der Waals surface area contributed by atoms with Gasteiger partial charge < -0.3 is 5.11 Å². The smallest absolute Gasteiger partial charge is 0.0973 e. The van der Waals surface area contributed by atoms with E-state index in [-0.39, 0.29) is 0 Å². The molecule has 0 aliphatic carbocycles. The number of hydrogen-bond donors (Lipinski definition) is 1. The van der Waals surface area contributed by atoms with Gasteiger partial charge in [-0.2, -0.15) is 0 Å². The Labute approximate surface area is 99.6 Å². The first kappa shape index (κ1) is 11.3. The normalized spacial score (nSPS) is 12.7. The van der Waals surface area contributed by atoms with E-state index in [0.29, 0.717) is 0 Å². The van der Waals surface area contributed by atoms with Crippen molar-refractivity contribution < 1.29 is 5.11 Å². The zero-order valence-corrected chi connectivity index (χ0v) is 10.3. The topological polar surface area (TPSA) is 33.1 Å². The maximum Gasteiger partial charge on any atom is 0.0973 e. The Morgan fingerprint density at radius 1 is 1.31 bits per heavy atom. The van der Waals surface area contributed by atoms with Gasteiger partial charge in [-0.15, -0.1) is 11.3 Å². The number of nitrogens with zero attached hydrogens (tertiary/aromatic N) is 1. The van der Waals surface area contributed by atoms with Gasteiger partial charge in [-0.3, -0.25) is 0 Å². The molecule has 1 unspecified atom stereocenters. The second-order valence-corrected chi connectivity index (χ2v) is 4.95. The number of aliphatic hydroxyl groups excluding tert-OH is 1. The van der Waals surface area contributed by atoms with Crippen LogP contribution in [-0.2, 0) is 6.42 Å². The van der Waals surface area contributed by atoms with E-state index >= 15 is 0 Å². The Morgan fingerprint density at radius 2 is 2.00 bits per heavy atom. The van der Waals surface area contributed by atoms with Crippen molar-refractivity contribution in [3.8, 4) is 0 Å². The summed E-state index contributed by atoms with van der Waals surface area (Å²) in [4.78, 5) is 4.40. The van der Waals surface area contributed by atoms with Gasteiger partial charge in [0.25, 0.3) is 0 Å². The van der Waals surface area contributed by atoms with Gasteiger partial charge in [0.1, 0.15) is 0 Å². The SMILES string of the molecule is Cc1ccc(Cc2nc(C(C)O)cs2)cc1. The third kappa shape index (κ3) is 2.68. The monoisotopic (exact) mass is 233 g/mol. The molecule has 0 fully saturated rings. The zero-order chi connectivity index (χ0) is 11.5. The van der Waals surface area contributed by atoms with Gasteiger partial charge in [0.15, 0.2) is 0 Å². The molecule has 2 nitrogen and oxygen atoms in total. The summed E-state index contributed by atoms with van der Waals surface area (Å²) >= 11 is 1.61. The van der Waals surface area contributed by atoms with Crippen LogP contribution in [0.5, 0.6) is 0 Å². The molecule has 2 rings (SSSR count). The van der Waals surface area contributed by atoms with Crippen LogP contribution >= 0.6 is 11.3 Å². The molecule has 1 N–H and O–H groups in total. The Morgan fingerprint density at radius 3 is 2.56 bits per heavy atom. The Bertz CT molecular complexity index is 459. The Balaban J connectivity index is 2.11. The maximum absolute atomic E-state index is 9.38. The lowest BCUT2D eigenvalue weighted by Crippen LogP contribution is -1.93. The van der Waals surface area contributed by atoms with Crippen LogP contribution in [0, 0.1) is 6.92 Å². The highest BCUT2D eigenvalue weighted by molar-refractivity contribution is 7.09. The fraction of sp³-hybridized carbons (Fsp3) is 0.308. The molecule has 1 aromatic carbocycles. The molecule has 16 heavy (non-hydrogen) atoms. The van der Waals surface area contributed by atoms with Crippen LogP contribution in [0.4, 0.5) is 0 Å². The number of aryl methyl sites for hydroxylation is 1. The van der Waals surface area contributed by atoms with Crippen molar-refractivity contribution in [1.29, 1.82) is 0 Å². The summed E-state index contributed by atoms with van der Waals surface area (Å²) < 4.78 is 0. The lowest BCUT2D eigenvalue weighted by Gasteiger charge is -1.99. The summed E-state index contributed by atoms with van der Waals surface area (Å²) in [6.45, 7) is 3.82. The van der Waals surface area contributed by atoms with E-state index in [1.54, 1.807) is 18.3 Å². The van der Waals surface area contributed by atoms with Crippen molar-refractivity contribution in [1.82, 2.24) is 4.98 Å². The summed E-state index contributed by atoms with van der Waals surface area (Å²) in [5.41, 5.74) is 3.30. The van der Waals surface area contributed by atoms with Crippen LogP contribution < -0.4 is 0 Å². The number of benzene rings is 1. The van der Waals surface area contributed by atoms with Crippen molar-refractivity contribution in [2.75, 3.05) is 0 Å². The molecule has 0 radical (unpaired) electrons. The van der Waals surface area contributed by atoms with Gasteiger partial charge >= 0.3 is 0 Å². The van der Waals surface area contributed by atoms with Crippen molar-refractivity contribution in [2.24, 2.45) is 0 Å². The van der Waals surface area contributed by atoms with Gasteiger partial charge in [0.2, 0.25) is 0 Å². The van der Waals surface area contributed by atoms with E-state index < -0.39 is 6.10 Å². The molecular weight excluding hydrogens is 218 g/mol. The summed E-state index contributed by atoms with van der Waals surface area (Å²) in [6.07, 6.45) is 0.375. The molecule has 0 spiro atoms. The first-order valence-corrected chi connectivity index (χ1v) is 6.21. The van der Waals surface area contributed by atoms with Gasteiger partial charge in [-0.25, -0.2) is 4.98 Å². The van der Waals surface area contributed by atoms with Crippen LogP contribution in [-0.4, -0.2) is 10.1 Å². The predicted octanol–water partition coefficient (Wildman–Crippen LogP) is 3.10. The third-order valence-electron chi connectivity index (χ3n) is 2.47.